The molecular weight excluding hydrogens is 436 g/mol. The van der Waals surface area contributed by atoms with Crippen LogP contribution in [-0.4, -0.2) is 47.4 Å². The third-order valence-electron chi connectivity index (χ3n) is 8.61. The van der Waals surface area contributed by atoms with Crippen molar-refractivity contribution < 1.29 is 33.7 Å². The van der Waals surface area contributed by atoms with Gasteiger partial charge in [-0.3, -0.25) is 4.79 Å². The van der Waals surface area contributed by atoms with E-state index in [9.17, 15) is 19.5 Å². The second kappa shape index (κ2) is 8.17. The number of carbonyl (C=O) groups excluding carboxylic acids is 3. The van der Waals surface area contributed by atoms with E-state index < -0.39 is 34.7 Å². The average Bonchev–Trinajstić information content (AvgIpc) is 3.01. The maximum absolute atomic E-state index is 13.2. The second-order valence-electron chi connectivity index (χ2n) is 9.90. The van der Waals surface area contributed by atoms with Crippen molar-refractivity contribution >= 4 is 29.5 Å². The molecule has 0 aromatic rings. The summed E-state index contributed by atoms with van der Waals surface area (Å²) in [6.07, 6.45) is 6.25. The van der Waals surface area contributed by atoms with E-state index in [1.807, 2.05) is 13.0 Å². The predicted octanol–water partition coefficient (Wildman–Crippen LogP) is 3.92. The topological polar surface area (TPSA) is 99.1 Å². The zero-order valence-corrected chi connectivity index (χ0v) is 19.5. The van der Waals surface area contributed by atoms with Crippen molar-refractivity contribution in [2.45, 2.75) is 64.6 Å². The zero-order valence-electron chi connectivity index (χ0n) is 18.8. The third-order valence-corrected chi connectivity index (χ3v) is 8.72. The highest BCUT2D eigenvalue weighted by Crippen LogP contribution is 2.67. The van der Waals surface area contributed by atoms with E-state index in [1.165, 1.54) is 0 Å². The second-order valence-corrected chi connectivity index (χ2v) is 10.1. The van der Waals surface area contributed by atoms with Gasteiger partial charge < -0.3 is 19.3 Å². The standard InChI is InChI=1S/C24H31ClO7/c1-4-30-20(28)24(32-21(29)31-13-25)10-8-17-16-6-5-14-11-15(26)7-9-22(14,2)19(16)18(27)12-23(17,24)3/h5,7,9,16-19,27H,4,6,8,10-13H2,1-3H3/t16?,17?,18?,19?,22?,23?,24-/m0/s1. The summed E-state index contributed by atoms with van der Waals surface area (Å²) in [5, 5.41) is 11.5. The number of hydrogen-bond donors (Lipinski definition) is 1. The molecule has 0 aromatic carbocycles. The van der Waals surface area contributed by atoms with Gasteiger partial charge in [-0.1, -0.05) is 43.2 Å². The quantitative estimate of drug-likeness (QED) is 0.381. The number of ketones is 1. The van der Waals surface area contributed by atoms with Crippen LogP contribution in [0, 0.1) is 28.6 Å². The number of rotatable bonds is 4. The molecule has 4 rings (SSSR count). The molecule has 6 unspecified atom stereocenters. The molecule has 0 saturated heterocycles. The van der Waals surface area contributed by atoms with Gasteiger partial charge in [0.15, 0.2) is 11.8 Å². The minimum Gasteiger partial charge on any atom is -0.463 e. The Balaban J connectivity index is 1.74. The van der Waals surface area contributed by atoms with Crippen molar-refractivity contribution in [3.05, 3.63) is 23.8 Å². The van der Waals surface area contributed by atoms with Crippen LogP contribution in [0.4, 0.5) is 4.79 Å². The van der Waals surface area contributed by atoms with E-state index in [-0.39, 0.29) is 42.6 Å². The van der Waals surface area contributed by atoms with Gasteiger partial charge in [0.05, 0.1) is 12.7 Å². The Morgan fingerprint density at radius 1 is 1.28 bits per heavy atom. The lowest BCUT2D eigenvalue weighted by Crippen LogP contribution is -2.62. The Labute approximate surface area is 193 Å². The molecule has 0 amide bonds. The fourth-order valence-corrected chi connectivity index (χ4v) is 7.32. The predicted molar refractivity (Wildman–Crippen MR) is 116 cm³/mol. The van der Waals surface area contributed by atoms with Crippen LogP contribution in [0.5, 0.6) is 0 Å². The van der Waals surface area contributed by atoms with E-state index in [1.54, 1.807) is 13.0 Å². The average molecular weight is 467 g/mol. The summed E-state index contributed by atoms with van der Waals surface area (Å²) in [4.78, 5) is 37.5. The van der Waals surface area contributed by atoms with E-state index in [0.717, 1.165) is 5.57 Å². The molecule has 32 heavy (non-hydrogen) atoms. The van der Waals surface area contributed by atoms with Gasteiger partial charge >= 0.3 is 12.1 Å². The molecule has 4 aliphatic carbocycles. The molecule has 0 heterocycles. The molecule has 176 valence electrons. The summed E-state index contributed by atoms with van der Waals surface area (Å²) < 4.78 is 15.9. The summed E-state index contributed by atoms with van der Waals surface area (Å²) in [7, 11) is 0. The van der Waals surface area contributed by atoms with Crippen LogP contribution < -0.4 is 0 Å². The number of carbonyl (C=O) groups is 3. The van der Waals surface area contributed by atoms with Gasteiger partial charge in [-0.15, -0.1) is 0 Å². The van der Waals surface area contributed by atoms with Crippen LogP contribution in [-0.2, 0) is 23.8 Å². The van der Waals surface area contributed by atoms with E-state index in [4.69, 9.17) is 25.8 Å². The zero-order chi connectivity index (χ0) is 23.3. The fraction of sp³-hybridized carbons (Fsp3) is 0.708. The summed E-state index contributed by atoms with van der Waals surface area (Å²) in [5.41, 5.74) is -1.73. The molecule has 0 spiro atoms. The number of hydrogen-bond acceptors (Lipinski definition) is 7. The van der Waals surface area contributed by atoms with Crippen molar-refractivity contribution in [2.75, 3.05) is 12.7 Å². The van der Waals surface area contributed by atoms with Gasteiger partial charge in [0.1, 0.15) is 0 Å². The molecule has 1 N–H and O–H groups in total. The normalized spacial score (nSPS) is 42.3. The van der Waals surface area contributed by atoms with E-state index in [0.29, 0.717) is 25.7 Å². The van der Waals surface area contributed by atoms with Crippen molar-refractivity contribution in [2.24, 2.45) is 28.6 Å². The maximum Gasteiger partial charge on any atom is 0.510 e. The first-order chi connectivity index (χ1) is 15.1. The lowest BCUT2D eigenvalue weighted by Gasteiger charge is -2.58. The minimum atomic E-state index is -1.55. The molecule has 0 bridgehead atoms. The van der Waals surface area contributed by atoms with Crippen molar-refractivity contribution in [1.82, 2.24) is 0 Å². The number of aliphatic hydroxyl groups excluding tert-OH is 1. The summed E-state index contributed by atoms with van der Waals surface area (Å²) >= 11 is 5.53. The van der Waals surface area contributed by atoms with Gasteiger partial charge in [0, 0.05) is 23.2 Å². The Morgan fingerprint density at radius 3 is 2.72 bits per heavy atom. The molecule has 2 fully saturated rings. The summed E-state index contributed by atoms with van der Waals surface area (Å²) in [6, 6.07) is -0.387. The molecule has 8 heteroatoms. The minimum absolute atomic E-state index is 0.0183. The fourth-order valence-electron chi connectivity index (χ4n) is 7.23. The van der Waals surface area contributed by atoms with Crippen LogP contribution in [0.2, 0.25) is 0 Å². The molecule has 4 aliphatic rings. The molecule has 0 aliphatic heterocycles. The number of alkyl halides is 1. The van der Waals surface area contributed by atoms with Crippen molar-refractivity contribution in [3.63, 3.8) is 0 Å². The number of allylic oxidation sites excluding steroid dienone is 4. The Bertz CT molecular complexity index is 882. The number of aliphatic hydroxyl groups is 1. The number of fused-ring (bicyclic) bond motifs is 5. The first kappa shape index (κ1) is 23.3. The van der Waals surface area contributed by atoms with Crippen LogP contribution in [0.25, 0.3) is 0 Å². The molecule has 0 radical (unpaired) electrons. The van der Waals surface area contributed by atoms with Crippen LogP contribution >= 0.6 is 11.6 Å². The van der Waals surface area contributed by atoms with Crippen molar-refractivity contribution in [3.8, 4) is 0 Å². The Morgan fingerprint density at radius 2 is 2.03 bits per heavy atom. The molecular formula is C24H31ClO7. The van der Waals surface area contributed by atoms with Crippen LogP contribution in [0.1, 0.15) is 52.9 Å². The molecule has 0 aromatic heterocycles. The molecule has 2 saturated carbocycles. The highest BCUT2D eigenvalue weighted by molar-refractivity contribution is 6.17. The molecule has 7 nitrogen and oxygen atoms in total. The van der Waals surface area contributed by atoms with E-state index in [2.05, 4.69) is 13.0 Å². The largest absolute Gasteiger partial charge is 0.510 e. The van der Waals surface area contributed by atoms with Crippen LogP contribution in [0.15, 0.2) is 23.8 Å². The van der Waals surface area contributed by atoms with Gasteiger partial charge in [-0.05, 0) is 50.5 Å². The highest BCUT2D eigenvalue weighted by atomic mass is 35.5. The third kappa shape index (κ3) is 3.23. The van der Waals surface area contributed by atoms with Gasteiger partial charge in [0.25, 0.3) is 0 Å². The highest BCUT2D eigenvalue weighted by Gasteiger charge is 2.71. The van der Waals surface area contributed by atoms with E-state index >= 15 is 0 Å². The first-order valence-corrected chi connectivity index (χ1v) is 11.8. The lowest BCUT2D eigenvalue weighted by molar-refractivity contribution is -0.199. The lowest BCUT2D eigenvalue weighted by atomic mass is 9.47. The maximum atomic E-state index is 13.2. The van der Waals surface area contributed by atoms with Gasteiger partial charge in [-0.2, -0.15) is 0 Å². The summed E-state index contributed by atoms with van der Waals surface area (Å²) in [6.45, 7) is 5.85. The number of ether oxygens (including phenoxy) is 3. The van der Waals surface area contributed by atoms with Crippen molar-refractivity contribution in [1.29, 1.82) is 0 Å². The SMILES string of the molecule is CCOC(=O)[C@@]1(OC(=O)OCCl)CCC2C3CC=C4CC(=O)C=CC4(C)C3C(O)CC21C. The smallest absolute Gasteiger partial charge is 0.463 e. The summed E-state index contributed by atoms with van der Waals surface area (Å²) in [5.74, 6) is -0.527. The van der Waals surface area contributed by atoms with Gasteiger partial charge in [0.2, 0.25) is 5.60 Å². The van der Waals surface area contributed by atoms with Gasteiger partial charge in [-0.25, -0.2) is 9.59 Å². The monoisotopic (exact) mass is 466 g/mol. The Hall–Kier alpha value is -1.86. The number of esters is 1. The first-order valence-electron chi connectivity index (χ1n) is 11.3. The Kier molecular flexibility index (Phi) is 5.95. The number of halogens is 1. The van der Waals surface area contributed by atoms with Crippen LogP contribution in [0.3, 0.4) is 0 Å². The molecule has 7 atom stereocenters.